The Morgan fingerprint density at radius 2 is 1.56 bits per heavy atom. The van der Waals surface area contributed by atoms with Crippen LogP contribution in [0.15, 0.2) is 0 Å². The second kappa shape index (κ2) is 2.56. The van der Waals surface area contributed by atoms with Crippen LogP contribution in [0, 0.1) is 5.92 Å². The van der Waals surface area contributed by atoms with Gasteiger partial charge in [0.1, 0.15) is 0 Å². The maximum Gasteiger partial charge on any atom is 0.441 e. The van der Waals surface area contributed by atoms with Crippen molar-refractivity contribution in [3.05, 3.63) is 0 Å². The molecule has 1 unspecified atom stereocenters. The Labute approximate surface area is 52.0 Å². The van der Waals surface area contributed by atoms with E-state index < -0.39 is 18.1 Å². The van der Waals surface area contributed by atoms with E-state index in [9.17, 15) is 13.2 Å². The molecule has 3 N–H and O–H groups in total. The third-order valence-electron chi connectivity index (χ3n) is 1.23. The van der Waals surface area contributed by atoms with Crippen molar-refractivity contribution in [1.29, 1.82) is 0 Å². The largest absolute Gasteiger partial charge is 0.441 e. The van der Waals surface area contributed by atoms with Crippen molar-refractivity contribution in [2.75, 3.05) is 0 Å². The highest BCUT2D eigenvalue weighted by molar-refractivity contribution is 4.66. The summed E-state index contributed by atoms with van der Waals surface area (Å²) in [5, 5.41) is 0. The Bertz CT molecular complexity index is 86.7. The molecule has 0 aromatic carbocycles. The van der Waals surface area contributed by atoms with Crippen LogP contribution in [0.2, 0.25) is 0 Å². The summed E-state index contributed by atoms with van der Waals surface area (Å²) in [5.41, 5.74) is 2.98. The summed E-state index contributed by atoms with van der Waals surface area (Å²) < 4.78 is 34.9. The van der Waals surface area contributed by atoms with Crippen LogP contribution >= 0.6 is 0 Å². The van der Waals surface area contributed by atoms with E-state index >= 15 is 0 Å². The third kappa shape index (κ3) is 2.70. The molecule has 0 aliphatic heterocycles. The molecule has 0 saturated heterocycles. The molecule has 0 aromatic rings. The van der Waals surface area contributed by atoms with E-state index in [1.807, 2.05) is 0 Å². The van der Waals surface area contributed by atoms with Crippen LogP contribution in [0.25, 0.3) is 0 Å². The molecule has 0 rings (SSSR count). The number of hydrogen-bond acceptors (Lipinski definition) is 0. The second-order valence-electron chi connectivity index (χ2n) is 2.39. The van der Waals surface area contributed by atoms with Crippen LogP contribution in [0.5, 0.6) is 0 Å². The minimum Gasteiger partial charge on any atom is -0.347 e. The average molecular weight is 142 g/mol. The van der Waals surface area contributed by atoms with Crippen molar-refractivity contribution in [3.8, 4) is 0 Å². The van der Waals surface area contributed by atoms with Gasteiger partial charge in [0.15, 0.2) is 6.04 Å². The maximum absolute atomic E-state index is 11.6. The molecule has 0 fully saturated rings. The highest BCUT2D eigenvalue weighted by atomic mass is 19.4. The van der Waals surface area contributed by atoms with Gasteiger partial charge in [0, 0.05) is 5.92 Å². The molecule has 0 bridgehead atoms. The van der Waals surface area contributed by atoms with Gasteiger partial charge in [-0.05, 0) is 0 Å². The Balaban J connectivity index is 3.88. The second-order valence-corrected chi connectivity index (χ2v) is 2.39. The summed E-state index contributed by atoms with van der Waals surface area (Å²) in [6.45, 7) is 3.01. The number of halogens is 3. The SMILES string of the molecule is CC(C)C([NH3+])C(F)(F)F. The van der Waals surface area contributed by atoms with Gasteiger partial charge in [-0.15, -0.1) is 0 Å². The summed E-state index contributed by atoms with van der Waals surface area (Å²) in [5.74, 6) is -0.426. The fourth-order valence-corrected chi connectivity index (χ4v) is 0.378. The Kier molecular flexibility index (Phi) is 2.49. The molecule has 56 valence electrons. The summed E-state index contributed by atoms with van der Waals surface area (Å²) >= 11 is 0. The van der Waals surface area contributed by atoms with Crippen LogP contribution in [0.1, 0.15) is 13.8 Å². The van der Waals surface area contributed by atoms with Gasteiger partial charge in [-0.3, -0.25) is 0 Å². The fraction of sp³-hybridized carbons (Fsp3) is 1.00. The van der Waals surface area contributed by atoms with Crippen molar-refractivity contribution < 1.29 is 18.9 Å². The maximum atomic E-state index is 11.6. The van der Waals surface area contributed by atoms with Crippen molar-refractivity contribution in [2.45, 2.75) is 26.1 Å². The van der Waals surface area contributed by atoms with Gasteiger partial charge < -0.3 is 5.73 Å². The first-order chi connectivity index (χ1) is 3.85. The Morgan fingerprint density at radius 1 is 1.22 bits per heavy atom. The highest BCUT2D eigenvalue weighted by Gasteiger charge is 2.42. The zero-order chi connectivity index (χ0) is 7.65. The molecule has 9 heavy (non-hydrogen) atoms. The first kappa shape index (κ1) is 8.75. The Hall–Kier alpha value is -0.250. The van der Waals surface area contributed by atoms with Crippen LogP contribution in [-0.2, 0) is 0 Å². The number of rotatable bonds is 1. The van der Waals surface area contributed by atoms with Crippen molar-refractivity contribution in [3.63, 3.8) is 0 Å². The van der Waals surface area contributed by atoms with E-state index in [1.54, 1.807) is 0 Å². The van der Waals surface area contributed by atoms with Gasteiger partial charge in [0.25, 0.3) is 0 Å². The van der Waals surface area contributed by atoms with E-state index in [1.165, 1.54) is 13.8 Å². The first-order valence-corrected chi connectivity index (χ1v) is 2.75. The van der Waals surface area contributed by atoms with Crippen LogP contribution < -0.4 is 5.73 Å². The lowest BCUT2D eigenvalue weighted by atomic mass is 10.1. The van der Waals surface area contributed by atoms with Gasteiger partial charge in [0.2, 0.25) is 0 Å². The highest BCUT2D eigenvalue weighted by Crippen LogP contribution is 2.21. The summed E-state index contributed by atoms with van der Waals surface area (Å²) in [6.07, 6.45) is -4.13. The predicted molar refractivity (Wildman–Crippen MR) is 27.6 cm³/mol. The van der Waals surface area contributed by atoms with E-state index in [-0.39, 0.29) is 0 Å². The first-order valence-electron chi connectivity index (χ1n) is 2.75. The van der Waals surface area contributed by atoms with Gasteiger partial charge in [-0.2, -0.15) is 13.2 Å². The topological polar surface area (TPSA) is 27.6 Å². The van der Waals surface area contributed by atoms with Crippen molar-refractivity contribution in [1.82, 2.24) is 0 Å². The van der Waals surface area contributed by atoms with E-state index in [4.69, 9.17) is 0 Å². The minimum absolute atomic E-state index is 0.426. The van der Waals surface area contributed by atoms with Crippen LogP contribution in [-0.4, -0.2) is 12.2 Å². The smallest absolute Gasteiger partial charge is 0.347 e. The van der Waals surface area contributed by atoms with Crippen LogP contribution in [0.3, 0.4) is 0 Å². The minimum atomic E-state index is -4.13. The summed E-state index contributed by atoms with van der Waals surface area (Å²) in [6, 6.07) is -1.43. The molecule has 0 amide bonds. The predicted octanol–water partition coefficient (Wildman–Crippen LogP) is 0.815. The zero-order valence-electron chi connectivity index (χ0n) is 5.50. The van der Waals surface area contributed by atoms with Gasteiger partial charge in [-0.25, -0.2) is 0 Å². The van der Waals surface area contributed by atoms with Gasteiger partial charge in [0.05, 0.1) is 0 Å². The monoisotopic (exact) mass is 142 g/mol. The average Bonchev–Trinajstić information content (AvgIpc) is 1.62. The lowest BCUT2D eigenvalue weighted by Crippen LogP contribution is -2.70. The molecule has 0 aliphatic carbocycles. The number of quaternary nitrogens is 1. The summed E-state index contributed by atoms with van der Waals surface area (Å²) in [4.78, 5) is 0. The molecule has 0 heterocycles. The molecule has 0 saturated carbocycles. The van der Waals surface area contributed by atoms with Crippen LogP contribution in [0.4, 0.5) is 13.2 Å². The zero-order valence-corrected chi connectivity index (χ0v) is 5.50. The standard InChI is InChI=1S/C5H10F3N/c1-3(2)4(9)5(6,7)8/h3-4H,9H2,1-2H3/p+1. The molecule has 0 aliphatic rings. The van der Waals surface area contributed by atoms with E-state index in [0.29, 0.717) is 0 Å². The molecular formula is C5H11F3N+. The van der Waals surface area contributed by atoms with Gasteiger partial charge in [-0.1, -0.05) is 13.8 Å². The third-order valence-corrected chi connectivity index (χ3v) is 1.23. The Morgan fingerprint density at radius 3 is 1.56 bits per heavy atom. The molecule has 1 atom stereocenters. The number of alkyl halides is 3. The van der Waals surface area contributed by atoms with Gasteiger partial charge >= 0.3 is 6.18 Å². The summed E-state index contributed by atoms with van der Waals surface area (Å²) in [7, 11) is 0. The molecule has 1 nitrogen and oxygen atoms in total. The lowest BCUT2D eigenvalue weighted by Gasteiger charge is -2.14. The molecule has 0 radical (unpaired) electrons. The quantitative estimate of drug-likeness (QED) is 0.561. The normalized spacial score (nSPS) is 16.3. The van der Waals surface area contributed by atoms with Crippen molar-refractivity contribution in [2.24, 2.45) is 5.92 Å². The molecule has 0 spiro atoms. The number of hydrogen-bond donors (Lipinski definition) is 1. The van der Waals surface area contributed by atoms with E-state index in [2.05, 4.69) is 5.73 Å². The molecule has 0 aromatic heterocycles. The van der Waals surface area contributed by atoms with Crippen molar-refractivity contribution >= 4 is 0 Å². The fourth-order valence-electron chi connectivity index (χ4n) is 0.378. The molecule has 4 heteroatoms. The molecular weight excluding hydrogens is 131 g/mol. The van der Waals surface area contributed by atoms with E-state index in [0.717, 1.165) is 0 Å². The lowest BCUT2D eigenvalue weighted by molar-refractivity contribution is -0.491.